The molecule has 4 heteroatoms. The number of rotatable bonds is 6. The van der Waals surface area contributed by atoms with Gasteiger partial charge in [0.1, 0.15) is 0 Å². The topological polar surface area (TPSA) is 24.5 Å². The minimum absolute atomic E-state index is 0.797. The molecule has 1 saturated heterocycles. The van der Waals surface area contributed by atoms with Gasteiger partial charge in [0.15, 0.2) is 0 Å². The molecule has 0 saturated carbocycles. The van der Waals surface area contributed by atoms with E-state index in [9.17, 15) is 0 Å². The maximum absolute atomic E-state index is 5.85. The van der Waals surface area contributed by atoms with Gasteiger partial charge in [0.05, 0.1) is 13.2 Å². The standard InChI is InChI=1S/C14H21ClN2O/c15-14-4-2-13(3-5-14)12-16-6-1-7-17-8-10-18-11-9-17/h2-5,16H,1,6-12H2. The van der Waals surface area contributed by atoms with E-state index >= 15 is 0 Å². The maximum Gasteiger partial charge on any atom is 0.0594 e. The van der Waals surface area contributed by atoms with Gasteiger partial charge in [-0.25, -0.2) is 0 Å². The van der Waals surface area contributed by atoms with E-state index in [-0.39, 0.29) is 0 Å². The van der Waals surface area contributed by atoms with Crippen LogP contribution in [-0.2, 0) is 11.3 Å². The molecule has 1 aliphatic heterocycles. The van der Waals surface area contributed by atoms with E-state index in [0.29, 0.717) is 0 Å². The average molecular weight is 269 g/mol. The van der Waals surface area contributed by atoms with E-state index in [2.05, 4.69) is 22.3 Å². The number of nitrogens with one attached hydrogen (secondary N) is 1. The summed E-state index contributed by atoms with van der Waals surface area (Å²) in [6.45, 7) is 7.07. The van der Waals surface area contributed by atoms with Crippen molar-refractivity contribution in [1.29, 1.82) is 0 Å². The highest BCUT2D eigenvalue weighted by atomic mass is 35.5. The number of hydrogen-bond acceptors (Lipinski definition) is 3. The lowest BCUT2D eigenvalue weighted by Gasteiger charge is -2.26. The summed E-state index contributed by atoms with van der Waals surface area (Å²) in [5.74, 6) is 0. The van der Waals surface area contributed by atoms with Gasteiger partial charge in [-0.15, -0.1) is 0 Å². The molecule has 0 aliphatic carbocycles. The van der Waals surface area contributed by atoms with Crippen LogP contribution in [0, 0.1) is 0 Å². The van der Waals surface area contributed by atoms with Crippen LogP contribution < -0.4 is 5.32 Å². The molecule has 1 heterocycles. The Morgan fingerprint density at radius 1 is 1.17 bits per heavy atom. The summed E-state index contributed by atoms with van der Waals surface area (Å²) in [6, 6.07) is 8.01. The van der Waals surface area contributed by atoms with Crippen molar-refractivity contribution in [1.82, 2.24) is 10.2 Å². The Hall–Kier alpha value is -0.610. The van der Waals surface area contributed by atoms with Crippen molar-refractivity contribution in [3.8, 4) is 0 Å². The van der Waals surface area contributed by atoms with Gasteiger partial charge in [0, 0.05) is 24.7 Å². The fourth-order valence-electron chi connectivity index (χ4n) is 2.09. The zero-order valence-electron chi connectivity index (χ0n) is 10.7. The molecule has 18 heavy (non-hydrogen) atoms. The van der Waals surface area contributed by atoms with E-state index in [4.69, 9.17) is 16.3 Å². The summed E-state index contributed by atoms with van der Waals surface area (Å²) >= 11 is 5.85. The Labute approximate surface area is 114 Å². The molecule has 0 aromatic heterocycles. The second kappa shape index (κ2) is 7.74. The normalized spacial score (nSPS) is 16.9. The minimum Gasteiger partial charge on any atom is -0.379 e. The van der Waals surface area contributed by atoms with Crippen LogP contribution in [0.25, 0.3) is 0 Å². The lowest BCUT2D eigenvalue weighted by molar-refractivity contribution is 0.0374. The predicted molar refractivity (Wildman–Crippen MR) is 75.0 cm³/mol. The maximum atomic E-state index is 5.85. The Balaban J connectivity index is 1.54. The molecule has 1 aliphatic rings. The summed E-state index contributed by atoms with van der Waals surface area (Å²) in [5, 5.41) is 4.26. The third kappa shape index (κ3) is 4.94. The second-order valence-corrected chi connectivity index (χ2v) is 5.05. The number of benzene rings is 1. The Kier molecular flexibility index (Phi) is 5.94. The van der Waals surface area contributed by atoms with Gasteiger partial charge < -0.3 is 10.1 Å². The Morgan fingerprint density at radius 2 is 1.89 bits per heavy atom. The first-order valence-corrected chi connectivity index (χ1v) is 6.98. The first-order chi connectivity index (χ1) is 8.84. The fraction of sp³-hybridized carbons (Fsp3) is 0.571. The predicted octanol–water partition coefficient (Wildman–Crippen LogP) is 2.15. The molecule has 0 amide bonds. The van der Waals surface area contributed by atoms with Gasteiger partial charge >= 0.3 is 0 Å². The highest BCUT2D eigenvalue weighted by Gasteiger charge is 2.08. The van der Waals surface area contributed by atoms with Crippen LogP contribution in [0.5, 0.6) is 0 Å². The van der Waals surface area contributed by atoms with Crippen molar-refractivity contribution >= 4 is 11.6 Å². The van der Waals surface area contributed by atoms with Crippen LogP contribution in [0.15, 0.2) is 24.3 Å². The van der Waals surface area contributed by atoms with E-state index in [1.165, 1.54) is 12.0 Å². The van der Waals surface area contributed by atoms with E-state index in [0.717, 1.165) is 51.0 Å². The Morgan fingerprint density at radius 3 is 2.61 bits per heavy atom. The van der Waals surface area contributed by atoms with Crippen LogP contribution in [0.3, 0.4) is 0 Å². The fourth-order valence-corrected chi connectivity index (χ4v) is 2.21. The van der Waals surface area contributed by atoms with Crippen molar-refractivity contribution < 1.29 is 4.74 Å². The Bertz CT molecular complexity index is 336. The van der Waals surface area contributed by atoms with Crippen molar-refractivity contribution in [2.45, 2.75) is 13.0 Å². The van der Waals surface area contributed by atoms with E-state index < -0.39 is 0 Å². The van der Waals surface area contributed by atoms with E-state index in [1.807, 2.05) is 12.1 Å². The van der Waals surface area contributed by atoms with Gasteiger partial charge in [0.2, 0.25) is 0 Å². The van der Waals surface area contributed by atoms with Crippen molar-refractivity contribution in [3.63, 3.8) is 0 Å². The molecule has 1 aromatic rings. The summed E-state index contributed by atoms with van der Waals surface area (Å²) in [4.78, 5) is 2.47. The highest BCUT2D eigenvalue weighted by molar-refractivity contribution is 6.30. The molecule has 3 nitrogen and oxygen atoms in total. The van der Waals surface area contributed by atoms with Gasteiger partial charge in [0.25, 0.3) is 0 Å². The summed E-state index contributed by atoms with van der Waals surface area (Å²) in [5.41, 5.74) is 1.28. The zero-order chi connectivity index (χ0) is 12.6. The first kappa shape index (κ1) is 13.8. The molecular weight excluding hydrogens is 248 g/mol. The van der Waals surface area contributed by atoms with Crippen molar-refractivity contribution in [3.05, 3.63) is 34.9 Å². The molecule has 1 fully saturated rings. The van der Waals surface area contributed by atoms with Crippen LogP contribution >= 0.6 is 11.6 Å². The smallest absolute Gasteiger partial charge is 0.0594 e. The number of morpholine rings is 1. The minimum atomic E-state index is 0.797. The molecule has 0 spiro atoms. The van der Waals surface area contributed by atoms with Crippen molar-refractivity contribution in [2.75, 3.05) is 39.4 Å². The van der Waals surface area contributed by atoms with Gasteiger partial charge in [-0.05, 0) is 37.2 Å². The third-order valence-corrected chi connectivity index (χ3v) is 3.43. The quantitative estimate of drug-likeness (QED) is 0.800. The third-order valence-electron chi connectivity index (χ3n) is 3.17. The van der Waals surface area contributed by atoms with Crippen LogP contribution in [0.4, 0.5) is 0 Å². The largest absolute Gasteiger partial charge is 0.379 e. The van der Waals surface area contributed by atoms with Gasteiger partial charge in [-0.1, -0.05) is 23.7 Å². The molecule has 0 unspecified atom stereocenters. The molecule has 100 valence electrons. The van der Waals surface area contributed by atoms with Gasteiger partial charge in [-0.2, -0.15) is 0 Å². The van der Waals surface area contributed by atoms with E-state index in [1.54, 1.807) is 0 Å². The molecule has 0 bridgehead atoms. The number of ether oxygens (including phenoxy) is 1. The summed E-state index contributed by atoms with van der Waals surface area (Å²) < 4.78 is 5.33. The monoisotopic (exact) mass is 268 g/mol. The summed E-state index contributed by atoms with van der Waals surface area (Å²) in [7, 11) is 0. The number of halogens is 1. The van der Waals surface area contributed by atoms with Crippen LogP contribution in [0.1, 0.15) is 12.0 Å². The lowest BCUT2D eigenvalue weighted by atomic mass is 10.2. The molecule has 0 atom stereocenters. The molecule has 2 rings (SSSR count). The molecule has 0 radical (unpaired) electrons. The summed E-state index contributed by atoms with van der Waals surface area (Å²) in [6.07, 6.45) is 1.19. The number of hydrogen-bond donors (Lipinski definition) is 1. The first-order valence-electron chi connectivity index (χ1n) is 6.60. The molecular formula is C14H21ClN2O. The molecule has 1 aromatic carbocycles. The number of nitrogens with zero attached hydrogens (tertiary/aromatic N) is 1. The lowest BCUT2D eigenvalue weighted by Crippen LogP contribution is -2.37. The van der Waals surface area contributed by atoms with Gasteiger partial charge in [-0.3, -0.25) is 4.90 Å². The van der Waals surface area contributed by atoms with Crippen LogP contribution in [0.2, 0.25) is 5.02 Å². The average Bonchev–Trinajstić information content (AvgIpc) is 2.42. The zero-order valence-corrected chi connectivity index (χ0v) is 11.5. The van der Waals surface area contributed by atoms with Crippen molar-refractivity contribution in [2.24, 2.45) is 0 Å². The SMILES string of the molecule is Clc1ccc(CNCCCN2CCOCC2)cc1. The van der Waals surface area contributed by atoms with Crippen LogP contribution in [-0.4, -0.2) is 44.3 Å². The second-order valence-electron chi connectivity index (χ2n) is 4.61. The molecule has 1 N–H and O–H groups in total. The highest BCUT2D eigenvalue weighted by Crippen LogP contribution is 2.09.